The Balaban J connectivity index is 2.56. The third kappa shape index (κ3) is 5.35. The number of aldehydes is 1. The minimum atomic E-state index is -0.870. The van der Waals surface area contributed by atoms with Crippen LogP contribution in [0.25, 0.3) is 0 Å². The normalized spacial score (nSPS) is 11.8. The van der Waals surface area contributed by atoms with E-state index in [0.29, 0.717) is 30.6 Å². The van der Waals surface area contributed by atoms with E-state index in [1.165, 1.54) is 0 Å². The van der Waals surface area contributed by atoms with E-state index in [4.69, 9.17) is 11.6 Å². The summed E-state index contributed by atoms with van der Waals surface area (Å²) in [6, 6.07) is 8.56. The number of halogens is 1. The summed E-state index contributed by atoms with van der Waals surface area (Å²) < 4.78 is 0. The standard InChI is InChI=1S/C15H17ClO3/c16-9-5-4-8-14(18)10-13(11-17)15(19)12-6-2-1-3-7-12/h1-3,6-7,11,13H,4-5,8-10H2. The second-order valence-electron chi connectivity index (χ2n) is 4.36. The zero-order valence-corrected chi connectivity index (χ0v) is 11.4. The van der Waals surface area contributed by atoms with Crippen LogP contribution >= 0.6 is 11.6 Å². The molecule has 1 rings (SSSR count). The van der Waals surface area contributed by atoms with Crippen LogP contribution in [0.3, 0.4) is 0 Å². The number of hydrogen-bond acceptors (Lipinski definition) is 3. The molecule has 0 amide bonds. The lowest BCUT2D eigenvalue weighted by molar-refractivity contribution is -0.122. The third-order valence-electron chi connectivity index (χ3n) is 2.85. The molecule has 0 bridgehead atoms. The molecule has 0 fully saturated rings. The van der Waals surface area contributed by atoms with Gasteiger partial charge >= 0.3 is 0 Å². The molecule has 0 N–H and O–H groups in total. The highest BCUT2D eigenvalue weighted by Crippen LogP contribution is 2.13. The van der Waals surface area contributed by atoms with Gasteiger partial charge in [-0.1, -0.05) is 30.3 Å². The minimum Gasteiger partial charge on any atom is -0.303 e. The van der Waals surface area contributed by atoms with Crippen LogP contribution in [0.5, 0.6) is 0 Å². The van der Waals surface area contributed by atoms with Crippen LogP contribution in [0, 0.1) is 5.92 Å². The van der Waals surface area contributed by atoms with Crippen molar-refractivity contribution >= 4 is 29.5 Å². The summed E-state index contributed by atoms with van der Waals surface area (Å²) in [6.45, 7) is 0. The van der Waals surface area contributed by atoms with Gasteiger partial charge in [0.15, 0.2) is 5.78 Å². The van der Waals surface area contributed by atoms with Crippen LogP contribution < -0.4 is 0 Å². The van der Waals surface area contributed by atoms with Crippen LogP contribution in [0.15, 0.2) is 30.3 Å². The molecule has 102 valence electrons. The Hall–Kier alpha value is -1.48. The molecule has 4 heteroatoms. The van der Waals surface area contributed by atoms with Crippen molar-refractivity contribution in [1.29, 1.82) is 0 Å². The van der Waals surface area contributed by atoms with Gasteiger partial charge in [0.25, 0.3) is 0 Å². The van der Waals surface area contributed by atoms with Crippen molar-refractivity contribution in [2.75, 3.05) is 5.88 Å². The highest BCUT2D eigenvalue weighted by atomic mass is 35.5. The molecule has 0 aliphatic rings. The highest BCUT2D eigenvalue weighted by molar-refractivity contribution is 6.17. The number of ketones is 2. The third-order valence-corrected chi connectivity index (χ3v) is 3.11. The van der Waals surface area contributed by atoms with Crippen LogP contribution in [-0.2, 0) is 9.59 Å². The zero-order chi connectivity index (χ0) is 14.1. The van der Waals surface area contributed by atoms with Crippen LogP contribution in [-0.4, -0.2) is 23.7 Å². The molecule has 1 aromatic carbocycles. The molecule has 0 heterocycles. The molecule has 1 unspecified atom stereocenters. The number of carbonyl (C=O) groups is 3. The van der Waals surface area contributed by atoms with Crippen molar-refractivity contribution in [2.45, 2.75) is 25.7 Å². The molecule has 0 saturated carbocycles. The molecule has 19 heavy (non-hydrogen) atoms. The number of benzene rings is 1. The average molecular weight is 281 g/mol. The Bertz CT molecular complexity index is 428. The van der Waals surface area contributed by atoms with Crippen molar-refractivity contribution < 1.29 is 14.4 Å². The average Bonchev–Trinajstić information content (AvgIpc) is 2.45. The Morgan fingerprint density at radius 2 is 1.84 bits per heavy atom. The molecular formula is C15H17ClO3. The molecule has 0 aromatic heterocycles. The second kappa shape index (κ2) is 8.59. The van der Waals surface area contributed by atoms with E-state index in [2.05, 4.69) is 0 Å². The molecule has 0 saturated heterocycles. The smallest absolute Gasteiger partial charge is 0.173 e. The SMILES string of the molecule is O=CC(CC(=O)CCCCCl)C(=O)c1ccccc1. The highest BCUT2D eigenvalue weighted by Gasteiger charge is 2.22. The van der Waals surface area contributed by atoms with Crippen molar-refractivity contribution in [3.63, 3.8) is 0 Å². The van der Waals surface area contributed by atoms with Gasteiger partial charge in [-0.2, -0.15) is 0 Å². The molecule has 1 aromatic rings. The summed E-state index contributed by atoms with van der Waals surface area (Å²) in [5.41, 5.74) is 0.466. The van der Waals surface area contributed by atoms with Gasteiger partial charge < -0.3 is 4.79 Å². The fraction of sp³-hybridized carbons (Fsp3) is 0.400. The van der Waals surface area contributed by atoms with Gasteiger partial charge in [-0.05, 0) is 12.8 Å². The number of rotatable bonds is 9. The van der Waals surface area contributed by atoms with Gasteiger partial charge in [-0.15, -0.1) is 11.6 Å². The van der Waals surface area contributed by atoms with E-state index in [0.717, 1.165) is 6.42 Å². The predicted molar refractivity (Wildman–Crippen MR) is 74.5 cm³/mol. The van der Waals surface area contributed by atoms with Gasteiger partial charge in [-0.3, -0.25) is 9.59 Å². The van der Waals surface area contributed by atoms with E-state index in [9.17, 15) is 14.4 Å². The quantitative estimate of drug-likeness (QED) is 0.230. The van der Waals surface area contributed by atoms with E-state index < -0.39 is 5.92 Å². The summed E-state index contributed by atoms with van der Waals surface area (Å²) in [5, 5.41) is 0. The summed E-state index contributed by atoms with van der Waals surface area (Å²) in [4.78, 5) is 34.7. The molecule has 0 aliphatic heterocycles. The molecule has 0 aliphatic carbocycles. The van der Waals surface area contributed by atoms with E-state index in [-0.39, 0.29) is 18.0 Å². The number of alkyl halides is 1. The lowest BCUT2D eigenvalue weighted by Gasteiger charge is -2.08. The zero-order valence-electron chi connectivity index (χ0n) is 10.7. The summed E-state index contributed by atoms with van der Waals surface area (Å²) in [5.74, 6) is -0.702. The summed E-state index contributed by atoms with van der Waals surface area (Å²) in [7, 11) is 0. The van der Waals surface area contributed by atoms with Crippen LogP contribution in [0.4, 0.5) is 0 Å². The van der Waals surface area contributed by atoms with Gasteiger partial charge in [0.2, 0.25) is 0 Å². The van der Waals surface area contributed by atoms with Gasteiger partial charge in [0.1, 0.15) is 12.1 Å². The fourth-order valence-corrected chi connectivity index (χ4v) is 1.97. The summed E-state index contributed by atoms with van der Waals surface area (Å²) in [6.07, 6.45) is 2.40. The maximum Gasteiger partial charge on any atom is 0.173 e. The lowest BCUT2D eigenvalue weighted by Crippen LogP contribution is -2.20. The van der Waals surface area contributed by atoms with E-state index in [1.54, 1.807) is 30.3 Å². The number of Topliss-reactive ketones (excluding diaryl/α,β-unsaturated/α-hetero) is 2. The Morgan fingerprint density at radius 3 is 2.42 bits per heavy atom. The molecule has 0 radical (unpaired) electrons. The first-order valence-corrected chi connectivity index (χ1v) is 6.84. The van der Waals surface area contributed by atoms with Crippen LogP contribution in [0.1, 0.15) is 36.0 Å². The first kappa shape index (κ1) is 15.6. The van der Waals surface area contributed by atoms with Crippen molar-refractivity contribution in [3.8, 4) is 0 Å². The van der Waals surface area contributed by atoms with Gasteiger partial charge in [-0.25, -0.2) is 0 Å². The number of unbranched alkanes of at least 4 members (excludes halogenated alkanes) is 1. The first-order valence-electron chi connectivity index (χ1n) is 6.31. The molecule has 3 nitrogen and oxygen atoms in total. The monoisotopic (exact) mass is 280 g/mol. The van der Waals surface area contributed by atoms with E-state index in [1.807, 2.05) is 0 Å². The molecule has 1 atom stereocenters. The Labute approximate surface area is 118 Å². The fourth-order valence-electron chi connectivity index (χ4n) is 1.78. The molecular weight excluding hydrogens is 264 g/mol. The minimum absolute atomic E-state index is 0.0144. The largest absolute Gasteiger partial charge is 0.303 e. The molecule has 0 spiro atoms. The van der Waals surface area contributed by atoms with Crippen molar-refractivity contribution in [1.82, 2.24) is 0 Å². The van der Waals surface area contributed by atoms with E-state index >= 15 is 0 Å². The second-order valence-corrected chi connectivity index (χ2v) is 4.74. The Kier molecular flexibility index (Phi) is 7.04. The van der Waals surface area contributed by atoms with Gasteiger partial charge in [0, 0.05) is 24.3 Å². The topological polar surface area (TPSA) is 51.2 Å². The first-order chi connectivity index (χ1) is 9.19. The maximum atomic E-state index is 12.0. The lowest BCUT2D eigenvalue weighted by atomic mass is 9.93. The maximum absolute atomic E-state index is 12.0. The summed E-state index contributed by atoms with van der Waals surface area (Å²) >= 11 is 5.53. The predicted octanol–water partition coefficient (Wildman–Crippen LogP) is 3.05. The van der Waals surface area contributed by atoms with Crippen LogP contribution in [0.2, 0.25) is 0 Å². The number of carbonyl (C=O) groups excluding carboxylic acids is 3. The van der Waals surface area contributed by atoms with Crippen molar-refractivity contribution in [2.24, 2.45) is 5.92 Å². The number of hydrogen-bond donors (Lipinski definition) is 0. The van der Waals surface area contributed by atoms with Crippen molar-refractivity contribution in [3.05, 3.63) is 35.9 Å². The van der Waals surface area contributed by atoms with Gasteiger partial charge in [0.05, 0.1) is 5.92 Å². The Morgan fingerprint density at radius 1 is 1.16 bits per heavy atom.